The monoisotopic (exact) mass is 302 g/mol. The Morgan fingerprint density at radius 2 is 0.952 bits per heavy atom. The van der Waals surface area contributed by atoms with Gasteiger partial charge < -0.3 is 14.2 Å². The van der Waals surface area contributed by atoms with E-state index in [2.05, 4.69) is 34.6 Å². The van der Waals surface area contributed by atoms with Crippen molar-refractivity contribution >= 4 is 0 Å². The fourth-order valence-corrected chi connectivity index (χ4v) is 2.34. The van der Waals surface area contributed by atoms with Crippen molar-refractivity contribution in [1.29, 1.82) is 0 Å². The smallest absolute Gasteiger partial charge is 0.285 e. The van der Waals surface area contributed by atoms with E-state index in [1.807, 2.05) is 0 Å². The Labute approximate surface area is 132 Å². The first kappa shape index (κ1) is 20.9. The van der Waals surface area contributed by atoms with Crippen LogP contribution >= 0.6 is 0 Å². The Morgan fingerprint density at radius 1 is 0.619 bits per heavy atom. The minimum atomic E-state index is -0.830. The number of rotatable bonds is 15. The summed E-state index contributed by atoms with van der Waals surface area (Å²) >= 11 is 0. The maximum atomic E-state index is 6.16. The number of unbranched alkanes of at least 4 members (excludes halogenated alkanes) is 3. The van der Waals surface area contributed by atoms with Gasteiger partial charge in [0.2, 0.25) is 0 Å². The second-order valence-electron chi connectivity index (χ2n) is 5.72. The van der Waals surface area contributed by atoms with Crippen LogP contribution in [0.1, 0.15) is 86.0 Å². The van der Waals surface area contributed by atoms with Crippen molar-refractivity contribution in [3.05, 3.63) is 0 Å². The topological polar surface area (TPSA) is 27.7 Å². The van der Waals surface area contributed by atoms with E-state index in [9.17, 15) is 0 Å². The maximum absolute atomic E-state index is 6.16. The van der Waals surface area contributed by atoms with Crippen LogP contribution in [0.3, 0.4) is 0 Å². The molecule has 0 unspecified atom stereocenters. The molecule has 0 saturated heterocycles. The fraction of sp³-hybridized carbons (Fsp3) is 1.00. The average Bonchev–Trinajstić information content (AvgIpc) is 2.49. The quantitative estimate of drug-likeness (QED) is 0.294. The second kappa shape index (κ2) is 13.5. The molecule has 0 atom stereocenters. The van der Waals surface area contributed by atoms with Crippen molar-refractivity contribution in [2.45, 2.75) is 92.0 Å². The lowest BCUT2D eigenvalue weighted by Gasteiger charge is -2.39. The molecule has 0 spiro atoms. The third kappa shape index (κ3) is 8.18. The molecule has 21 heavy (non-hydrogen) atoms. The van der Waals surface area contributed by atoms with Crippen LogP contribution in [0.4, 0.5) is 0 Å². The Balaban J connectivity index is 4.85. The van der Waals surface area contributed by atoms with E-state index >= 15 is 0 Å². The van der Waals surface area contributed by atoms with Gasteiger partial charge in [-0.2, -0.15) is 0 Å². The zero-order chi connectivity index (χ0) is 16.0. The van der Waals surface area contributed by atoms with E-state index < -0.39 is 5.97 Å². The Morgan fingerprint density at radius 3 is 1.19 bits per heavy atom. The summed E-state index contributed by atoms with van der Waals surface area (Å²) < 4.78 is 18.5. The van der Waals surface area contributed by atoms with Crippen LogP contribution in [0, 0.1) is 5.92 Å². The summed E-state index contributed by atoms with van der Waals surface area (Å²) in [6, 6.07) is 0. The summed E-state index contributed by atoms with van der Waals surface area (Å²) in [5.74, 6) is -0.536. The molecule has 128 valence electrons. The summed E-state index contributed by atoms with van der Waals surface area (Å²) in [6.45, 7) is 13.1. The number of hydrogen-bond acceptors (Lipinski definition) is 3. The average molecular weight is 302 g/mol. The van der Waals surface area contributed by atoms with Crippen LogP contribution in [-0.4, -0.2) is 25.8 Å². The van der Waals surface area contributed by atoms with Crippen molar-refractivity contribution in [3.63, 3.8) is 0 Å². The fourth-order valence-electron chi connectivity index (χ4n) is 2.34. The normalized spacial score (nSPS) is 12.3. The predicted molar refractivity (Wildman–Crippen MR) is 89.4 cm³/mol. The third-order valence-electron chi connectivity index (χ3n) is 3.89. The molecule has 0 aromatic carbocycles. The van der Waals surface area contributed by atoms with Crippen LogP contribution < -0.4 is 0 Å². The van der Waals surface area contributed by atoms with Gasteiger partial charge in [-0.15, -0.1) is 0 Å². The van der Waals surface area contributed by atoms with Crippen molar-refractivity contribution in [2.75, 3.05) is 19.8 Å². The van der Waals surface area contributed by atoms with Gasteiger partial charge in [0.15, 0.2) is 0 Å². The van der Waals surface area contributed by atoms with E-state index in [1.165, 1.54) is 0 Å². The van der Waals surface area contributed by atoms with Crippen LogP contribution in [0.25, 0.3) is 0 Å². The molecule has 0 heterocycles. The molecule has 0 aromatic rings. The Bertz CT molecular complexity index is 188. The van der Waals surface area contributed by atoms with Crippen LogP contribution in [-0.2, 0) is 14.2 Å². The molecule has 0 aliphatic carbocycles. The zero-order valence-corrected chi connectivity index (χ0v) is 15.1. The highest BCUT2D eigenvalue weighted by Crippen LogP contribution is 2.32. The molecule has 0 aliphatic rings. The first-order valence-electron chi connectivity index (χ1n) is 9.12. The standard InChI is InChI=1S/C18H38O3/c1-6-11-14-19-18(17(9-4)10-5,20-15-12-7-2)21-16-13-8-3/h17H,6-16H2,1-5H3. The summed E-state index contributed by atoms with van der Waals surface area (Å²) in [6.07, 6.45) is 8.57. The zero-order valence-electron chi connectivity index (χ0n) is 15.1. The number of ether oxygens (including phenoxy) is 3. The molecule has 0 aliphatic heterocycles. The molecule has 0 rings (SSSR count). The molecule has 0 N–H and O–H groups in total. The Hall–Kier alpha value is -0.120. The SMILES string of the molecule is CCCCOC(OCCCC)(OCCCC)C(CC)CC. The molecular weight excluding hydrogens is 264 g/mol. The molecule has 0 aromatic heterocycles. The molecule has 0 amide bonds. The van der Waals surface area contributed by atoms with Gasteiger partial charge in [-0.25, -0.2) is 0 Å². The lowest BCUT2D eigenvalue weighted by Crippen LogP contribution is -2.47. The van der Waals surface area contributed by atoms with Gasteiger partial charge in [-0.1, -0.05) is 53.9 Å². The first-order chi connectivity index (χ1) is 10.2. The maximum Gasteiger partial charge on any atom is 0.285 e. The molecule has 0 radical (unpaired) electrons. The van der Waals surface area contributed by atoms with Gasteiger partial charge in [0.1, 0.15) is 0 Å². The Kier molecular flexibility index (Phi) is 13.5. The van der Waals surface area contributed by atoms with Crippen molar-refractivity contribution in [1.82, 2.24) is 0 Å². The summed E-state index contributed by atoms with van der Waals surface area (Å²) in [4.78, 5) is 0. The number of hydrogen-bond donors (Lipinski definition) is 0. The lowest BCUT2D eigenvalue weighted by molar-refractivity contribution is -0.406. The minimum absolute atomic E-state index is 0.295. The molecule has 0 fully saturated rings. The summed E-state index contributed by atoms with van der Waals surface area (Å²) in [7, 11) is 0. The van der Waals surface area contributed by atoms with E-state index in [0.29, 0.717) is 25.7 Å². The highest BCUT2D eigenvalue weighted by molar-refractivity contribution is 4.70. The van der Waals surface area contributed by atoms with E-state index in [-0.39, 0.29) is 0 Å². The predicted octanol–water partition coefficient (Wildman–Crippen LogP) is 5.53. The minimum Gasteiger partial charge on any atom is -0.327 e. The summed E-state index contributed by atoms with van der Waals surface area (Å²) in [5, 5.41) is 0. The van der Waals surface area contributed by atoms with Crippen molar-refractivity contribution < 1.29 is 14.2 Å². The van der Waals surface area contributed by atoms with Crippen LogP contribution in [0.5, 0.6) is 0 Å². The highest BCUT2D eigenvalue weighted by atomic mass is 16.9. The molecule has 0 bridgehead atoms. The van der Waals surface area contributed by atoms with Crippen molar-refractivity contribution in [3.8, 4) is 0 Å². The van der Waals surface area contributed by atoms with Crippen LogP contribution in [0.2, 0.25) is 0 Å². The van der Waals surface area contributed by atoms with Gasteiger partial charge in [-0.3, -0.25) is 0 Å². The second-order valence-corrected chi connectivity index (χ2v) is 5.72. The van der Waals surface area contributed by atoms with Gasteiger partial charge >= 0.3 is 0 Å². The van der Waals surface area contributed by atoms with Gasteiger partial charge in [0.05, 0.1) is 19.8 Å². The lowest BCUT2D eigenvalue weighted by atomic mass is 10.00. The molecule has 3 nitrogen and oxygen atoms in total. The van der Waals surface area contributed by atoms with E-state index in [0.717, 1.165) is 51.4 Å². The first-order valence-corrected chi connectivity index (χ1v) is 9.12. The van der Waals surface area contributed by atoms with Crippen LogP contribution in [0.15, 0.2) is 0 Å². The molecular formula is C18H38O3. The molecule has 3 heteroatoms. The van der Waals surface area contributed by atoms with Gasteiger partial charge in [0, 0.05) is 5.92 Å². The largest absolute Gasteiger partial charge is 0.327 e. The van der Waals surface area contributed by atoms with Gasteiger partial charge in [0.25, 0.3) is 5.97 Å². The van der Waals surface area contributed by atoms with E-state index in [4.69, 9.17) is 14.2 Å². The highest BCUT2D eigenvalue weighted by Gasteiger charge is 2.40. The summed E-state index contributed by atoms with van der Waals surface area (Å²) in [5.41, 5.74) is 0. The van der Waals surface area contributed by atoms with Crippen molar-refractivity contribution in [2.24, 2.45) is 5.92 Å². The van der Waals surface area contributed by atoms with Gasteiger partial charge in [-0.05, 0) is 32.1 Å². The third-order valence-corrected chi connectivity index (χ3v) is 3.89. The molecule has 0 saturated carbocycles. The van der Waals surface area contributed by atoms with E-state index in [1.54, 1.807) is 0 Å².